The third kappa shape index (κ3) is 8.54. The first-order valence-corrected chi connectivity index (χ1v) is 14.2. The molecule has 0 aliphatic rings. The molecule has 0 bridgehead atoms. The zero-order valence-electron chi connectivity index (χ0n) is 20.7. The van der Waals surface area contributed by atoms with Crippen molar-refractivity contribution in [3.63, 3.8) is 0 Å². The molecule has 2 rings (SSSR count). The summed E-state index contributed by atoms with van der Waals surface area (Å²) < 4.78 is 32.2. The molecule has 8 nitrogen and oxygen atoms in total. The Bertz CT molecular complexity index is 1090. The molecule has 0 heterocycles. The monoisotopic (exact) mass is 567 g/mol. The van der Waals surface area contributed by atoms with Crippen molar-refractivity contribution in [2.45, 2.75) is 45.7 Å². The molecule has 0 fully saturated rings. The molecule has 0 saturated heterocycles. The zero-order chi connectivity index (χ0) is 26.0. The topological polar surface area (TPSA) is 96.0 Å². The van der Waals surface area contributed by atoms with Crippen molar-refractivity contribution in [2.24, 2.45) is 0 Å². The number of benzene rings is 2. The predicted molar refractivity (Wildman–Crippen MR) is 142 cm³/mol. The van der Waals surface area contributed by atoms with Crippen molar-refractivity contribution in [2.75, 3.05) is 30.8 Å². The molecule has 0 aliphatic carbocycles. The first-order valence-electron chi connectivity index (χ1n) is 11.5. The fourth-order valence-electron chi connectivity index (χ4n) is 3.60. The minimum Gasteiger partial charge on any atom is -0.497 e. The highest BCUT2D eigenvalue weighted by atomic mass is 79.9. The number of hydrogen-bond donors (Lipinski definition) is 1. The summed E-state index contributed by atoms with van der Waals surface area (Å²) in [6, 6.07) is 13.2. The summed E-state index contributed by atoms with van der Waals surface area (Å²) in [6.45, 7) is 4.11. The quantitative estimate of drug-likeness (QED) is 0.370. The Morgan fingerprint density at radius 2 is 1.80 bits per heavy atom. The summed E-state index contributed by atoms with van der Waals surface area (Å²) in [5.41, 5.74) is 1.16. The SMILES string of the molecule is CCCCNC(=O)C(CC)N(Cc1ccc(OC)cc1)C(=O)CN(c1cccc(Br)c1)S(C)(=O)=O. The Hall–Kier alpha value is -2.59. The number of nitrogens with one attached hydrogen (secondary N) is 1. The van der Waals surface area contributed by atoms with Crippen LogP contribution in [0.3, 0.4) is 0 Å². The molecule has 0 saturated carbocycles. The summed E-state index contributed by atoms with van der Waals surface area (Å²) in [7, 11) is -2.20. The second-order valence-electron chi connectivity index (χ2n) is 8.19. The number of methoxy groups -OCH3 is 1. The lowest BCUT2D eigenvalue weighted by atomic mass is 10.1. The molecule has 2 aromatic rings. The van der Waals surface area contributed by atoms with E-state index in [4.69, 9.17) is 4.74 Å². The van der Waals surface area contributed by atoms with Gasteiger partial charge in [-0.05, 0) is 48.7 Å². The number of amides is 2. The number of rotatable bonds is 13. The molecule has 0 aliphatic heterocycles. The number of hydrogen-bond acceptors (Lipinski definition) is 5. The Kier molecular flexibility index (Phi) is 11.0. The summed E-state index contributed by atoms with van der Waals surface area (Å²) in [6.07, 6.45) is 3.21. The number of sulfonamides is 1. The fraction of sp³-hybridized carbons (Fsp3) is 0.440. The minimum atomic E-state index is -3.77. The Morgan fingerprint density at radius 3 is 2.34 bits per heavy atom. The Labute approximate surface area is 216 Å². The van der Waals surface area contributed by atoms with Crippen LogP contribution in [0.5, 0.6) is 5.75 Å². The number of halogens is 1. The van der Waals surface area contributed by atoms with Crippen molar-refractivity contribution >= 4 is 43.5 Å². The van der Waals surface area contributed by atoms with Crippen molar-refractivity contribution in [1.29, 1.82) is 0 Å². The van der Waals surface area contributed by atoms with Gasteiger partial charge in [-0.15, -0.1) is 0 Å². The molecule has 10 heteroatoms. The van der Waals surface area contributed by atoms with Crippen LogP contribution in [0.25, 0.3) is 0 Å². The van der Waals surface area contributed by atoms with Gasteiger partial charge in [-0.3, -0.25) is 13.9 Å². The van der Waals surface area contributed by atoms with E-state index >= 15 is 0 Å². The zero-order valence-corrected chi connectivity index (χ0v) is 23.1. The van der Waals surface area contributed by atoms with Crippen LogP contribution in [0.1, 0.15) is 38.7 Å². The number of anilines is 1. The van der Waals surface area contributed by atoms with E-state index in [0.717, 1.165) is 29.0 Å². The molecule has 0 aromatic heterocycles. The van der Waals surface area contributed by atoms with Gasteiger partial charge in [0.1, 0.15) is 18.3 Å². The van der Waals surface area contributed by atoms with Crippen LogP contribution in [0.4, 0.5) is 5.69 Å². The number of nitrogens with zero attached hydrogens (tertiary/aromatic N) is 2. The summed E-state index contributed by atoms with van der Waals surface area (Å²) in [4.78, 5) is 28.1. The van der Waals surface area contributed by atoms with Gasteiger partial charge in [0.2, 0.25) is 21.8 Å². The van der Waals surface area contributed by atoms with Gasteiger partial charge in [0, 0.05) is 17.6 Å². The number of carbonyl (C=O) groups excluding carboxylic acids is 2. The van der Waals surface area contributed by atoms with E-state index in [1.54, 1.807) is 43.5 Å². The molecule has 2 aromatic carbocycles. The van der Waals surface area contributed by atoms with Gasteiger partial charge in [0.25, 0.3) is 0 Å². The Balaban J connectivity index is 2.39. The molecular weight excluding hydrogens is 534 g/mol. The van der Waals surface area contributed by atoms with Crippen LogP contribution >= 0.6 is 15.9 Å². The molecule has 2 amide bonds. The maximum absolute atomic E-state index is 13.6. The van der Waals surface area contributed by atoms with Gasteiger partial charge in [0.15, 0.2) is 0 Å². The molecule has 1 unspecified atom stereocenters. The van der Waals surface area contributed by atoms with Gasteiger partial charge in [0.05, 0.1) is 19.1 Å². The van der Waals surface area contributed by atoms with Crippen LogP contribution < -0.4 is 14.4 Å². The first kappa shape index (κ1) is 28.6. The molecular formula is C25H34BrN3O5S. The molecule has 1 atom stereocenters. The predicted octanol–water partition coefficient (Wildman–Crippen LogP) is 3.95. The van der Waals surface area contributed by atoms with E-state index < -0.39 is 28.5 Å². The van der Waals surface area contributed by atoms with Gasteiger partial charge >= 0.3 is 0 Å². The molecule has 0 spiro atoms. The lowest BCUT2D eigenvalue weighted by Gasteiger charge is -2.33. The average Bonchev–Trinajstić information content (AvgIpc) is 2.82. The highest BCUT2D eigenvalue weighted by Crippen LogP contribution is 2.23. The van der Waals surface area contributed by atoms with E-state index in [2.05, 4.69) is 21.2 Å². The van der Waals surface area contributed by atoms with Gasteiger partial charge in [-0.1, -0.05) is 54.4 Å². The van der Waals surface area contributed by atoms with Crippen molar-refractivity contribution in [3.8, 4) is 5.75 Å². The lowest BCUT2D eigenvalue weighted by molar-refractivity contribution is -0.140. The van der Waals surface area contributed by atoms with E-state index in [-0.39, 0.29) is 12.5 Å². The number of ether oxygens (including phenoxy) is 1. The van der Waals surface area contributed by atoms with Crippen LogP contribution in [-0.2, 0) is 26.2 Å². The van der Waals surface area contributed by atoms with E-state index in [1.165, 1.54) is 4.90 Å². The maximum atomic E-state index is 13.6. The molecule has 0 radical (unpaired) electrons. The summed E-state index contributed by atoms with van der Waals surface area (Å²) in [5, 5.41) is 2.91. The van der Waals surface area contributed by atoms with Crippen LogP contribution in [0.2, 0.25) is 0 Å². The highest BCUT2D eigenvalue weighted by molar-refractivity contribution is 9.10. The fourth-order valence-corrected chi connectivity index (χ4v) is 4.83. The normalized spacial score (nSPS) is 12.0. The largest absolute Gasteiger partial charge is 0.497 e. The summed E-state index contributed by atoms with van der Waals surface area (Å²) in [5.74, 6) is -0.0474. The lowest BCUT2D eigenvalue weighted by Crippen LogP contribution is -2.52. The van der Waals surface area contributed by atoms with Crippen LogP contribution in [-0.4, -0.2) is 57.6 Å². The highest BCUT2D eigenvalue weighted by Gasteiger charge is 2.31. The Morgan fingerprint density at radius 1 is 1.11 bits per heavy atom. The average molecular weight is 569 g/mol. The van der Waals surface area contributed by atoms with E-state index in [1.807, 2.05) is 26.0 Å². The van der Waals surface area contributed by atoms with Crippen molar-refractivity contribution in [3.05, 3.63) is 58.6 Å². The summed E-state index contributed by atoms with van der Waals surface area (Å²) >= 11 is 3.35. The second kappa shape index (κ2) is 13.5. The first-order chi connectivity index (χ1) is 16.6. The third-order valence-electron chi connectivity index (χ3n) is 5.50. The molecule has 35 heavy (non-hydrogen) atoms. The number of carbonyl (C=O) groups is 2. The van der Waals surface area contributed by atoms with Crippen molar-refractivity contribution in [1.82, 2.24) is 10.2 Å². The van der Waals surface area contributed by atoms with Crippen LogP contribution in [0.15, 0.2) is 53.0 Å². The van der Waals surface area contributed by atoms with Crippen LogP contribution in [0, 0.1) is 0 Å². The second-order valence-corrected chi connectivity index (χ2v) is 11.0. The maximum Gasteiger partial charge on any atom is 0.244 e. The number of unbranched alkanes of at least 4 members (excludes halogenated alkanes) is 1. The molecule has 192 valence electrons. The van der Waals surface area contributed by atoms with E-state index in [9.17, 15) is 18.0 Å². The van der Waals surface area contributed by atoms with E-state index in [0.29, 0.717) is 28.9 Å². The van der Waals surface area contributed by atoms with Gasteiger partial charge < -0.3 is 15.0 Å². The smallest absolute Gasteiger partial charge is 0.244 e. The van der Waals surface area contributed by atoms with Gasteiger partial charge in [-0.25, -0.2) is 8.42 Å². The standard InChI is InChI=1S/C25H34BrN3O5S/c1-5-7-15-27-25(31)23(6-2)28(17-19-11-13-22(34-3)14-12-19)24(30)18-29(35(4,32)33)21-10-8-9-20(26)16-21/h8-14,16,23H,5-7,15,17-18H2,1-4H3,(H,27,31). The third-order valence-corrected chi connectivity index (χ3v) is 7.14. The van der Waals surface area contributed by atoms with Crippen molar-refractivity contribution < 1.29 is 22.7 Å². The molecule has 1 N–H and O–H groups in total. The minimum absolute atomic E-state index is 0.151. The van der Waals surface area contributed by atoms with Gasteiger partial charge in [-0.2, -0.15) is 0 Å².